The fraction of sp³-hybridized carbons (Fsp3) is 0.667. The van der Waals surface area contributed by atoms with Crippen molar-refractivity contribution in [1.29, 1.82) is 0 Å². The Balaban J connectivity index is 1.78. The molecule has 1 aliphatic rings. The first-order chi connectivity index (χ1) is 14.3. The normalized spacial score (nSPS) is 14.7. The summed E-state index contributed by atoms with van der Waals surface area (Å²) in [5.74, 6) is 0.690. The lowest BCUT2D eigenvalue weighted by atomic mass is 10.2. The Hall–Kier alpha value is -1.74. The van der Waals surface area contributed by atoms with Crippen LogP contribution in [0.4, 0.5) is 10.5 Å². The van der Waals surface area contributed by atoms with Crippen LogP contribution in [-0.2, 0) is 14.2 Å². The molecule has 0 aliphatic carbocycles. The van der Waals surface area contributed by atoms with Crippen LogP contribution in [0.3, 0.4) is 0 Å². The van der Waals surface area contributed by atoms with Gasteiger partial charge in [0.1, 0.15) is 18.0 Å². The first-order valence-corrected chi connectivity index (χ1v) is 10.7. The fourth-order valence-corrected chi connectivity index (χ4v) is 3.13. The third-order valence-electron chi connectivity index (χ3n) is 4.28. The number of nitrogens with zero attached hydrogens (tertiary/aromatic N) is 2. The van der Waals surface area contributed by atoms with Crippen molar-refractivity contribution in [3.8, 4) is 5.75 Å². The van der Waals surface area contributed by atoms with Crippen molar-refractivity contribution in [3.63, 3.8) is 0 Å². The lowest BCUT2D eigenvalue weighted by molar-refractivity contribution is 0.0240. The molecular weight excluding hydrogens is 410 g/mol. The minimum atomic E-state index is -0.491. The van der Waals surface area contributed by atoms with Crippen LogP contribution in [0.2, 0.25) is 5.02 Å². The van der Waals surface area contributed by atoms with Crippen molar-refractivity contribution in [2.45, 2.75) is 26.4 Å². The molecule has 0 aromatic heterocycles. The number of rotatable bonds is 10. The second-order valence-electron chi connectivity index (χ2n) is 7.96. The molecule has 0 atom stereocenters. The summed E-state index contributed by atoms with van der Waals surface area (Å²) in [5, 5.41) is 0.605. The highest BCUT2D eigenvalue weighted by atomic mass is 35.5. The number of benzene rings is 1. The van der Waals surface area contributed by atoms with E-state index in [0.717, 1.165) is 5.69 Å². The van der Waals surface area contributed by atoms with Crippen LogP contribution in [0.15, 0.2) is 18.2 Å². The average molecular weight is 444 g/mol. The molecule has 1 amide bonds. The summed E-state index contributed by atoms with van der Waals surface area (Å²) in [6.45, 7) is 11.2. The zero-order chi connectivity index (χ0) is 22.0. The molecule has 30 heavy (non-hydrogen) atoms. The van der Waals surface area contributed by atoms with Gasteiger partial charge < -0.3 is 34.5 Å². The van der Waals surface area contributed by atoms with Crippen LogP contribution in [0.25, 0.3) is 0 Å². The number of amides is 1. The summed E-state index contributed by atoms with van der Waals surface area (Å²) >= 11 is 6.28. The molecule has 1 aromatic rings. The molecule has 1 saturated heterocycles. The number of piperazine rings is 1. The maximum Gasteiger partial charge on any atom is 0.410 e. The summed E-state index contributed by atoms with van der Waals surface area (Å²) in [4.78, 5) is 16.1. The smallest absolute Gasteiger partial charge is 0.410 e. The van der Waals surface area contributed by atoms with Crippen molar-refractivity contribution in [2.24, 2.45) is 5.73 Å². The van der Waals surface area contributed by atoms with E-state index in [-0.39, 0.29) is 6.09 Å². The van der Waals surface area contributed by atoms with E-state index in [2.05, 4.69) is 4.90 Å². The molecule has 0 radical (unpaired) electrons. The number of carbonyl (C=O) groups is 1. The van der Waals surface area contributed by atoms with Gasteiger partial charge in [0.2, 0.25) is 0 Å². The minimum Gasteiger partial charge on any atom is -0.491 e. The topological polar surface area (TPSA) is 86.5 Å². The third kappa shape index (κ3) is 8.95. The Kier molecular flexibility index (Phi) is 9.97. The zero-order valence-electron chi connectivity index (χ0n) is 18.2. The van der Waals surface area contributed by atoms with E-state index in [1.54, 1.807) is 11.0 Å². The zero-order valence-corrected chi connectivity index (χ0v) is 19.0. The number of carbonyl (C=O) groups excluding carboxylic acids is 1. The number of halogens is 1. The van der Waals surface area contributed by atoms with Gasteiger partial charge in [-0.25, -0.2) is 4.79 Å². The lowest BCUT2D eigenvalue weighted by Crippen LogP contribution is -2.50. The molecule has 0 spiro atoms. The van der Waals surface area contributed by atoms with Gasteiger partial charge in [-0.3, -0.25) is 0 Å². The number of nitrogens with two attached hydrogens (primary N) is 1. The average Bonchev–Trinajstić information content (AvgIpc) is 2.68. The van der Waals surface area contributed by atoms with Crippen molar-refractivity contribution in [1.82, 2.24) is 4.90 Å². The SMILES string of the molecule is CC(C)(C)OC(=O)N1CCN(c2cc(Cl)cc(OCCOCCOCCN)c2)CC1. The van der Waals surface area contributed by atoms with E-state index in [9.17, 15) is 4.79 Å². The predicted molar refractivity (Wildman–Crippen MR) is 118 cm³/mol. The van der Waals surface area contributed by atoms with Crippen LogP contribution in [-0.4, -0.2) is 82.4 Å². The quantitative estimate of drug-likeness (QED) is 0.556. The van der Waals surface area contributed by atoms with Gasteiger partial charge in [0.25, 0.3) is 0 Å². The Labute approximate surface area is 184 Å². The van der Waals surface area contributed by atoms with Crippen LogP contribution < -0.4 is 15.4 Å². The molecule has 1 fully saturated rings. The Morgan fingerprint density at radius 3 is 2.27 bits per heavy atom. The highest BCUT2D eigenvalue weighted by Crippen LogP contribution is 2.28. The molecule has 0 bridgehead atoms. The number of ether oxygens (including phenoxy) is 4. The van der Waals surface area contributed by atoms with Crippen LogP contribution >= 0.6 is 11.6 Å². The number of hydrogen-bond acceptors (Lipinski definition) is 7. The Bertz CT molecular complexity index is 661. The standard InChI is InChI=1S/C21H34ClN3O5/c1-21(2,3)30-20(26)25-7-5-24(6-8-25)18-14-17(22)15-19(16-18)29-13-12-28-11-10-27-9-4-23/h14-16H,4-13,23H2,1-3H3. The molecule has 2 rings (SSSR count). The molecule has 8 nitrogen and oxygen atoms in total. The molecule has 1 aromatic carbocycles. The van der Waals surface area contributed by atoms with Crippen molar-refractivity contribution < 1.29 is 23.7 Å². The summed E-state index contributed by atoms with van der Waals surface area (Å²) in [7, 11) is 0. The van der Waals surface area contributed by atoms with E-state index in [0.29, 0.717) is 76.5 Å². The first kappa shape index (κ1) is 24.5. The highest BCUT2D eigenvalue weighted by molar-refractivity contribution is 6.31. The molecule has 9 heteroatoms. The number of hydrogen-bond donors (Lipinski definition) is 1. The molecule has 0 saturated carbocycles. The summed E-state index contributed by atoms with van der Waals surface area (Å²) in [6, 6.07) is 5.65. The molecule has 0 unspecified atom stereocenters. The fourth-order valence-electron chi connectivity index (χ4n) is 2.91. The van der Waals surface area contributed by atoms with Gasteiger partial charge in [-0.05, 0) is 32.9 Å². The largest absolute Gasteiger partial charge is 0.491 e. The van der Waals surface area contributed by atoms with E-state index in [4.69, 9.17) is 36.3 Å². The van der Waals surface area contributed by atoms with Crippen molar-refractivity contribution >= 4 is 23.4 Å². The molecule has 2 N–H and O–H groups in total. The molecular formula is C21H34ClN3O5. The van der Waals surface area contributed by atoms with Crippen LogP contribution in [0, 0.1) is 0 Å². The van der Waals surface area contributed by atoms with Crippen molar-refractivity contribution in [3.05, 3.63) is 23.2 Å². The van der Waals surface area contributed by atoms with Gasteiger partial charge in [-0.2, -0.15) is 0 Å². The lowest BCUT2D eigenvalue weighted by Gasteiger charge is -2.36. The summed E-state index contributed by atoms with van der Waals surface area (Å²) in [5.41, 5.74) is 5.83. The maximum atomic E-state index is 12.2. The third-order valence-corrected chi connectivity index (χ3v) is 4.50. The molecule has 170 valence electrons. The van der Waals surface area contributed by atoms with Crippen LogP contribution in [0.5, 0.6) is 5.75 Å². The molecule has 1 heterocycles. The summed E-state index contributed by atoms with van der Waals surface area (Å²) < 4.78 is 21.9. The van der Waals surface area contributed by atoms with E-state index in [1.807, 2.05) is 32.9 Å². The second-order valence-corrected chi connectivity index (χ2v) is 8.40. The van der Waals surface area contributed by atoms with Gasteiger partial charge in [-0.1, -0.05) is 11.6 Å². The van der Waals surface area contributed by atoms with Crippen LogP contribution in [0.1, 0.15) is 20.8 Å². The van der Waals surface area contributed by atoms with Gasteiger partial charge in [-0.15, -0.1) is 0 Å². The van der Waals surface area contributed by atoms with E-state index in [1.165, 1.54) is 0 Å². The first-order valence-electron chi connectivity index (χ1n) is 10.3. The van der Waals surface area contributed by atoms with Crippen molar-refractivity contribution in [2.75, 3.05) is 70.7 Å². The monoisotopic (exact) mass is 443 g/mol. The van der Waals surface area contributed by atoms with E-state index < -0.39 is 5.60 Å². The second kappa shape index (κ2) is 12.2. The highest BCUT2D eigenvalue weighted by Gasteiger charge is 2.26. The Morgan fingerprint density at radius 2 is 1.63 bits per heavy atom. The Morgan fingerprint density at radius 1 is 1.00 bits per heavy atom. The van der Waals surface area contributed by atoms with Gasteiger partial charge in [0.05, 0.1) is 26.4 Å². The van der Waals surface area contributed by atoms with Gasteiger partial charge in [0.15, 0.2) is 0 Å². The van der Waals surface area contributed by atoms with Gasteiger partial charge in [0, 0.05) is 49.5 Å². The predicted octanol–water partition coefficient (Wildman–Crippen LogP) is 2.77. The van der Waals surface area contributed by atoms with Gasteiger partial charge >= 0.3 is 6.09 Å². The maximum absolute atomic E-state index is 12.2. The molecule has 1 aliphatic heterocycles. The van der Waals surface area contributed by atoms with E-state index >= 15 is 0 Å². The summed E-state index contributed by atoms with van der Waals surface area (Å²) in [6.07, 6.45) is -0.273. The minimum absolute atomic E-state index is 0.273. The number of anilines is 1.